The number of carbonyl (C=O) groups is 2. The van der Waals surface area contributed by atoms with Gasteiger partial charge in [-0.05, 0) is 24.6 Å². The topological polar surface area (TPSA) is 75.9 Å². The van der Waals surface area contributed by atoms with Gasteiger partial charge in [-0.1, -0.05) is 42.5 Å². The molecule has 2 aliphatic rings. The smallest absolute Gasteiger partial charge is 0.325 e. The van der Waals surface area contributed by atoms with Crippen LogP contribution in [0.2, 0.25) is 0 Å². The predicted molar refractivity (Wildman–Crippen MR) is 93.3 cm³/mol. The van der Waals surface area contributed by atoms with Gasteiger partial charge in [0, 0.05) is 6.54 Å². The van der Waals surface area contributed by atoms with Crippen LogP contribution in [0.4, 0.5) is 10.5 Å². The quantitative estimate of drug-likeness (QED) is 0.932. The van der Waals surface area contributed by atoms with E-state index in [4.69, 9.17) is 10.5 Å². The van der Waals surface area contributed by atoms with Crippen LogP contribution in [0.5, 0.6) is 5.75 Å². The number of urea groups is 1. The maximum Gasteiger partial charge on any atom is 0.325 e. The molecule has 3 amide bonds. The van der Waals surface area contributed by atoms with Gasteiger partial charge in [0.2, 0.25) is 5.91 Å². The van der Waals surface area contributed by atoms with Crippen LogP contribution in [-0.4, -0.2) is 36.0 Å². The molecular formula is C19H19N3O3. The SMILES string of the molecule is CC1(c2ccccc2)Oc2ccccc2N2C(=O)N(CC(N)=O)CC21. The van der Waals surface area contributed by atoms with Crippen LogP contribution in [0, 0.1) is 0 Å². The van der Waals surface area contributed by atoms with Crippen molar-refractivity contribution >= 4 is 17.6 Å². The molecule has 0 aliphatic carbocycles. The van der Waals surface area contributed by atoms with Crippen LogP contribution in [-0.2, 0) is 10.4 Å². The van der Waals surface area contributed by atoms with E-state index in [1.54, 1.807) is 4.90 Å². The van der Waals surface area contributed by atoms with Crippen LogP contribution < -0.4 is 15.4 Å². The fraction of sp³-hybridized carbons (Fsp3) is 0.263. The second kappa shape index (κ2) is 5.51. The number of nitrogens with zero attached hydrogens (tertiary/aromatic N) is 2. The highest BCUT2D eigenvalue weighted by Gasteiger charge is 2.54. The lowest BCUT2D eigenvalue weighted by atomic mass is 9.85. The maximum absolute atomic E-state index is 12.9. The summed E-state index contributed by atoms with van der Waals surface area (Å²) in [6, 6.07) is 16.8. The van der Waals surface area contributed by atoms with Crippen molar-refractivity contribution < 1.29 is 14.3 Å². The average molecular weight is 337 g/mol. The molecule has 6 heteroatoms. The van der Waals surface area contributed by atoms with Crippen LogP contribution in [0.25, 0.3) is 0 Å². The highest BCUT2D eigenvalue weighted by atomic mass is 16.5. The van der Waals surface area contributed by atoms with Crippen molar-refractivity contribution in [3.05, 3.63) is 60.2 Å². The highest BCUT2D eigenvalue weighted by Crippen LogP contribution is 2.47. The number of hydrogen-bond donors (Lipinski definition) is 1. The van der Waals surface area contributed by atoms with Crippen molar-refractivity contribution in [2.24, 2.45) is 5.73 Å². The summed E-state index contributed by atoms with van der Waals surface area (Å²) in [7, 11) is 0. The molecule has 4 rings (SSSR count). The first-order chi connectivity index (χ1) is 12.0. The number of nitrogens with two attached hydrogens (primary N) is 1. The predicted octanol–water partition coefficient (Wildman–Crippen LogP) is 2.09. The normalized spacial score (nSPS) is 24.5. The molecule has 0 spiro atoms. The number of fused-ring (bicyclic) bond motifs is 3. The van der Waals surface area contributed by atoms with Gasteiger partial charge < -0.3 is 15.4 Å². The van der Waals surface area contributed by atoms with Gasteiger partial charge in [-0.2, -0.15) is 0 Å². The number of ether oxygens (including phenoxy) is 1. The Morgan fingerprint density at radius 3 is 2.60 bits per heavy atom. The van der Waals surface area contributed by atoms with Gasteiger partial charge in [0.05, 0.1) is 5.69 Å². The first-order valence-corrected chi connectivity index (χ1v) is 8.21. The molecule has 0 saturated carbocycles. The minimum atomic E-state index is -0.725. The second-order valence-electron chi connectivity index (χ2n) is 6.56. The molecule has 2 aliphatic heterocycles. The van der Waals surface area contributed by atoms with Gasteiger partial charge in [-0.3, -0.25) is 9.69 Å². The number of carbonyl (C=O) groups excluding carboxylic acids is 2. The van der Waals surface area contributed by atoms with Crippen molar-refractivity contribution in [3.63, 3.8) is 0 Å². The van der Waals surface area contributed by atoms with E-state index < -0.39 is 11.5 Å². The summed E-state index contributed by atoms with van der Waals surface area (Å²) in [4.78, 5) is 27.5. The zero-order valence-corrected chi connectivity index (χ0v) is 13.9. The fourth-order valence-corrected chi connectivity index (χ4v) is 3.73. The van der Waals surface area contributed by atoms with E-state index in [1.165, 1.54) is 4.90 Å². The Balaban J connectivity index is 1.84. The molecule has 2 aromatic carbocycles. The third-order valence-electron chi connectivity index (χ3n) is 4.96. The first-order valence-electron chi connectivity index (χ1n) is 8.21. The molecule has 128 valence electrons. The number of primary amides is 1. The number of amides is 3. The lowest BCUT2D eigenvalue weighted by molar-refractivity contribution is -0.118. The standard InChI is InChI=1S/C19H19N3O3/c1-19(13-7-3-2-4-8-13)16-11-21(12-17(20)23)18(24)22(16)14-9-5-6-10-15(14)25-19/h2-10,16H,11-12H2,1H3,(H2,20,23). The van der Waals surface area contributed by atoms with Crippen LogP contribution in [0.1, 0.15) is 12.5 Å². The number of rotatable bonds is 3. The molecule has 6 nitrogen and oxygen atoms in total. The van der Waals surface area contributed by atoms with Crippen molar-refractivity contribution in [2.75, 3.05) is 18.0 Å². The molecular weight excluding hydrogens is 318 g/mol. The van der Waals surface area contributed by atoms with Crippen LogP contribution in [0.3, 0.4) is 0 Å². The summed E-state index contributed by atoms with van der Waals surface area (Å²) in [5.74, 6) is 0.128. The average Bonchev–Trinajstić information content (AvgIpc) is 2.93. The highest BCUT2D eigenvalue weighted by molar-refractivity contribution is 5.99. The first kappa shape index (κ1) is 15.5. The van der Waals surface area contributed by atoms with Gasteiger partial charge >= 0.3 is 6.03 Å². The zero-order chi connectivity index (χ0) is 17.6. The van der Waals surface area contributed by atoms with Crippen LogP contribution >= 0.6 is 0 Å². The van der Waals surface area contributed by atoms with E-state index in [-0.39, 0.29) is 18.6 Å². The van der Waals surface area contributed by atoms with E-state index >= 15 is 0 Å². The van der Waals surface area contributed by atoms with Crippen molar-refractivity contribution in [3.8, 4) is 5.75 Å². The summed E-state index contributed by atoms with van der Waals surface area (Å²) in [6.45, 7) is 2.26. The molecule has 0 bridgehead atoms. The largest absolute Gasteiger partial charge is 0.478 e. The van der Waals surface area contributed by atoms with E-state index in [1.807, 2.05) is 61.5 Å². The van der Waals surface area contributed by atoms with Gasteiger partial charge in [0.1, 0.15) is 18.3 Å². The van der Waals surface area contributed by atoms with Gasteiger partial charge in [-0.25, -0.2) is 4.79 Å². The van der Waals surface area contributed by atoms with Crippen LogP contribution in [0.15, 0.2) is 54.6 Å². The Kier molecular flexibility index (Phi) is 3.42. The summed E-state index contributed by atoms with van der Waals surface area (Å²) in [6.07, 6.45) is 0. The number of benzene rings is 2. The summed E-state index contributed by atoms with van der Waals surface area (Å²) >= 11 is 0. The molecule has 2 atom stereocenters. The van der Waals surface area contributed by atoms with E-state index in [2.05, 4.69) is 0 Å². The summed E-state index contributed by atoms with van der Waals surface area (Å²) < 4.78 is 6.38. The molecule has 0 aromatic heterocycles. The van der Waals surface area contributed by atoms with Crippen molar-refractivity contribution in [1.82, 2.24) is 4.90 Å². The second-order valence-corrected chi connectivity index (χ2v) is 6.56. The van der Waals surface area contributed by atoms with E-state index in [0.717, 1.165) is 11.3 Å². The van der Waals surface area contributed by atoms with E-state index in [0.29, 0.717) is 12.3 Å². The third kappa shape index (κ3) is 2.33. The molecule has 2 heterocycles. The Bertz CT molecular complexity index is 839. The fourth-order valence-electron chi connectivity index (χ4n) is 3.73. The minimum absolute atomic E-state index is 0.0983. The summed E-state index contributed by atoms with van der Waals surface area (Å²) in [5, 5.41) is 0. The van der Waals surface area contributed by atoms with Crippen molar-refractivity contribution in [1.29, 1.82) is 0 Å². The number of para-hydroxylation sites is 2. The molecule has 2 unspecified atom stereocenters. The zero-order valence-electron chi connectivity index (χ0n) is 13.9. The van der Waals surface area contributed by atoms with E-state index in [9.17, 15) is 9.59 Å². The van der Waals surface area contributed by atoms with Crippen molar-refractivity contribution in [2.45, 2.75) is 18.6 Å². The molecule has 2 aromatic rings. The molecule has 1 fully saturated rings. The maximum atomic E-state index is 12.9. The molecule has 0 radical (unpaired) electrons. The lowest BCUT2D eigenvalue weighted by Gasteiger charge is -2.44. The monoisotopic (exact) mass is 337 g/mol. The number of hydrogen-bond acceptors (Lipinski definition) is 3. The summed E-state index contributed by atoms with van der Waals surface area (Å²) in [5.41, 5.74) is 6.29. The molecule has 1 saturated heterocycles. The Labute approximate surface area is 145 Å². The Hall–Kier alpha value is -3.02. The minimum Gasteiger partial charge on any atom is -0.478 e. The van der Waals surface area contributed by atoms with Gasteiger partial charge in [-0.15, -0.1) is 0 Å². The van der Waals surface area contributed by atoms with Gasteiger partial charge in [0.15, 0.2) is 5.60 Å². The molecule has 25 heavy (non-hydrogen) atoms. The molecule has 2 N–H and O–H groups in total. The third-order valence-corrected chi connectivity index (χ3v) is 4.96. The number of anilines is 1. The lowest BCUT2D eigenvalue weighted by Crippen LogP contribution is -2.54. The van der Waals surface area contributed by atoms with Gasteiger partial charge in [0.25, 0.3) is 0 Å². The Morgan fingerprint density at radius 1 is 1.20 bits per heavy atom. The Morgan fingerprint density at radius 2 is 1.88 bits per heavy atom.